The summed E-state index contributed by atoms with van der Waals surface area (Å²) >= 11 is 0. The van der Waals surface area contributed by atoms with E-state index in [-0.39, 0.29) is 12.2 Å². The molecule has 0 unspecified atom stereocenters. The largest absolute Gasteiger partial charge is 0.359 e. The summed E-state index contributed by atoms with van der Waals surface area (Å²) in [4.78, 5) is 33.1. The molecular formula is C14H11N5O3. The summed E-state index contributed by atoms with van der Waals surface area (Å²) in [6.07, 6.45) is 4.02. The van der Waals surface area contributed by atoms with Gasteiger partial charge in [-0.2, -0.15) is 0 Å². The van der Waals surface area contributed by atoms with Gasteiger partial charge in [0, 0.05) is 12.3 Å². The first-order valence-electron chi connectivity index (χ1n) is 6.42. The fraction of sp³-hybridized carbons (Fsp3) is 0.0714. The number of pyridine rings is 1. The fourth-order valence-corrected chi connectivity index (χ4v) is 1.79. The zero-order valence-corrected chi connectivity index (χ0v) is 11.3. The van der Waals surface area contributed by atoms with Crippen molar-refractivity contribution in [2.24, 2.45) is 0 Å². The predicted octanol–water partition coefficient (Wildman–Crippen LogP) is 0.750. The van der Waals surface area contributed by atoms with Crippen molar-refractivity contribution in [3.8, 4) is 11.4 Å². The van der Waals surface area contributed by atoms with Gasteiger partial charge in [-0.3, -0.25) is 19.6 Å². The van der Waals surface area contributed by atoms with Gasteiger partial charge in [0.2, 0.25) is 0 Å². The van der Waals surface area contributed by atoms with Crippen LogP contribution in [0, 0.1) is 0 Å². The average molecular weight is 297 g/mol. The lowest BCUT2D eigenvalue weighted by Crippen LogP contribution is -2.26. The van der Waals surface area contributed by atoms with Gasteiger partial charge in [0.25, 0.3) is 11.5 Å². The molecule has 0 saturated heterocycles. The normalized spacial score (nSPS) is 10.4. The fourth-order valence-electron chi connectivity index (χ4n) is 1.79. The van der Waals surface area contributed by atoms with Crippen molar-refractivity contribution in [2.45, 2.75) is 6.54 Å². The van der Waals surface area contributed by atoms with Crippen molar-refractivity contribution < 1.29 is 9.32 Å². The van der Waals surface area contributed by atoms with Gasteiger partial charge in [-0.25, -0.2) is 0 Å². The summed E-state index contributed by atoms with van der Waals surface area (Å²) in [5.74, 6) is 0.0150. The molecule has 0 atom stereocenters. The number of H-pyrrole nitrogens is 1. The monoisotopic (exact) mass is 297 g/mol. The molecule has 110 valence electrons. The van der Waals surface area contributed by atoms with E-state index in [1.807, 2.05) is 6.07 Å². The Hall–Kier alpha value is -3.29. The first kappa shape index (κ1) is 13.7. The average Bonchev–Trinajstić information content (AvgIpc) is 3.02. The minimum atomic E-state index is -0.457. The molecule has 1 amide bonds. The van der Waals surface area contributed by atoms with E-state index >= 15 is 0 Å². The van der Waals surface area contributed by atoms with Crippen LogP contribution in [0.15, 0.2) is 52.2 Å². The highest BCUT2D eigenvalue weighted by molar-refractivity contribution is 5.91. The van der Waals surface area contributed by atoms with E-state index in [1.165, 1.54) is 6.20 Å². The highest BCUT2D eigenvalue weighted by atomic mass is 16.5. The third-order valence-corrected chi connectivity index (χ3v) is 2.81. The van der Waals surface area contributed by atoms with Crippen LogP contribution in [0.4, 0.5) is 0 Å². The number of rotatable bonds is 4. The van der Waals surface area contributed by atoms with Crippen molar-refractivity contribution in [3.05, 3.63) is 64.7 Å². The number of amides is 1. The summed E-state index contributed by atoms with van der Waals surface area (Å²) < 4.78 is 5.14. The molecule has 3 heterocycles. The van der Waals surface area contributed by atoms with Gasteiger partial charge in [-0.15, -0.1) is 0 Å². The summed E-state index contributed by atoms with van der Waals surface area (Å²) in [5.41, 5.74) is 0.904. The molecule has 8 heteroatoms. The molecule has 0 spiro atoms. The van der Waals surface area contributed by atoms with Crippen LogP contribution in [0.2, 0.25) is 0 Å². The van der Waals surface area contributed by atoms with Gasteiger partial charge in [-0.1, -0.05) is 11.2 Å². The predicted molar refractivity (Wildman–Crippen MR) is 75.8 cm³/mol. The molecule has 3 aromatic rings. The van der Waals surface area contributed by atoms with E-state index in [4.69, 9.17) is 4.52 Å². The van der Waals surface area contributed by atoms with E-state index in [0.717, 1.165) is 6.20 Å². The summed E-state index contributed by atoms with van der Waals surface area (Å²) in [5, 5.41) is 6.50. The number of hydrogen-bond acceptors (Lipinski definition) is 6. The first-order valence-corrected chi connectivity index (χ1v) is 6.42. The Kier molecular flexibility index (Phi) is 3.73. The minimum Gasteiger partial charge on any atom is -0.359 e. The lowest BCUT2D eigenvalue weighted by atomic mass is 10.2. The first-order chi connectivity index (χ1) is 10.7. The van der Waals surface area contributed by atoms with E-state index < -0.39 is 11.5 Å². The summed E-state index contributed by atoms with van der Waals surface area (Å²) in [6.45, 7) is 0.135. The summed E-state index contributed by atoms with van der Waals surface area (Å²) in [6, 6.07) is 7.14. The Morgan fingerprint density at radius 2 is 2.18 bits per heavy atom. The molecule has 2 N–H and O–H groups in total. The number of aromatic nitrogens is 4. The molecule has 0 aromatic carbocycles. The molecule has 0 radical (unpaired) electrons. The molecule has 0 aliphatic rings. The number of aromatic amines is 1. The Morgan fingerprint density at radius 3 is 2.95 bits per heavy atom. The lowest BCUT2D eigenvalue weighted by Gasteiger charge is -2.01. The van der Waals surface area contributed by atoms with Crippen LogP contribution in [0.25, 0.3) is 11.4 Å². The van der Waals surface area contributed by atoms with Gasteiger partial charge in [0.1, 0.15) is 11.4 Å². The second-order valence-electron chi connectivity index (χ2n) is 4.39. The number of carbonyl (C=O) groups is 1. The Morgan fingerprint density at radius 1 is 1.27 bits per heavy atom. The van der Waals surface area contributed by atoms with Crippen LogP contribution in [-0.2, 0) is 6.54 Å². The Bertz CT molecular complexity index is 841. The number of nitrogens with one attached hydrogen (secondary N) is 2. The van der Waals surface area contributed by atoms with Crippen molar-refractivity contribution in [1.82, 2.24) is 25.4 Å². The van der Waals surface area contributed by atoms with Crippen LogP contribution in [0.1, 0.15) is 16.2 Å². The van der Waals surface area contributed by atoms with Gasteiger partial charge >= 0.3 is 0 Å². The molecule has 0 saturated carbocycles. The molecule has 3 aromatic heterocycles. The van der Waals surface area contributed by atoms with Crippen LogP contribution in [-0.4, -0.2) is 26.0 Å². The Labute approximate surface area is 124 Å². The molecule has 0 aliphatic carbocycles. The maximum atomic E-state index is 11.9. The molecule has 8 nitrogen and oxygen atoms in total. The highest BCUT2D eigenvalue weighted by Crippen LogP contribution is 2.15. The second-order valence-corrected chi connectivity index (χ2v) is 4.39. The Balaban J connectivity index is 1.66. The van der Waals surface area contributed by atoms with Gasteiger partial charge in [0.05, 0.1) is 24.6 Å². The SMILES string of the molecule is O=C(NCc1cc(-c2ccccn2)no1)c1cncc(=O)[nH]1. The maximum absolute atomic E-state index is 11.9. The third kappa shape index (κ3) is 3.06. The molecule has 0 aliphatic heterocycles. The molecule has 22 heavy (non-hydrogen) atoms. The van der Waals surface area contributed by atoms with Gasteiger partial charge in [0.15, 0.2) is 5.76 Å². The van der Waals surface area contributed by atoms with Crippen LogP contribution >= 0.6 is 0 Å². The van der Waals surface area contributed by atoms with E-state index in [0.29, 0.717) is 17.1 Å². The van der Waals surface area contributed by atoms with Crippen LogP contribution in [0.5, 0.6) is 0 Å². The number of carbonyl (C=O) groups excluding carboxylic acids is 1. The van der Waals surface area contributed by atoms with Crippen molar-refractivity contribution in [2.75, 3.05) is 0 Å². The van der Waals surface area contributed by atoms with Crippen molar-refractivity contribution >= 4 is 5.91 Å². The quantitative estimate of drug-likeness (QED) is 0.734. The lowest BCUT2D eigenvalue weighted by molar-refractivity contribution is 0.0941. The highest BCUT2D eigenvalue weighted by Gasteiger charge is 2.10. The third-order valence-electron chi connectivity index (χ3n) is 2.81. The molecular weight excluding hydrogens is 286 g/mol. The number of nitrogens with zero attached hydrogens (tertiary/aromatic N) is 3. The zero-order chi connectivity index (χ0) is 15.4. The topological polar surface area (TPSA) is 114 Å². The molecule has 3 rings (SSSR count). The zero-order valence-electron chi connectivity index (χ0n) is 11.3. The van der Waals surface area contributed by atoms with Crippen molar-refractivity contribution in [1.29, 1.82) is 0 Å². The van der Waals surface area contributed by atoms with E-state index in [2.05, 4.69) is 25.4 Å². The number of hydrogen-bond donors (Lipinski definition) is 2. The standard InChI is InChI=1S/C14H11N5O3/c20-13-8-15-7-12(18-13)14(21)17-6-9-5-11(19-22-9)10-3-1-2-4-16-10/h1-5,7-8H,6H2,(H,17,21)(H,18,20). The van der Waals surface area contributed by atoms with Crippen LogP contribution in [0.3, 0.4) is 0 Å². The van der Waals surface area contributed by atoms with Crippen molar-refractivity contribution in [3.63, 3.8) is 0 Å². The second kappa shape index (κ2) is 6.00. The van der Waals surface area contributed by atoms with E-state index in [1.54, 1.807) is 24.4 Å². The maximum Gasteiger partial charge on any atom is 0.269 e. The van der Waals surface area contributed by atoms with E-state index in [9.17, 15) is 9.59 Å². The smallest absolute Gasteiger partial charge is 0.269 e. The molecule has 0 bridgehead atoms. The van der Waals surface area contributed by atoms with Gasteiger partial charge in [-0.05, 0) is 12.1 Å². The minimum absolute atomic E-state index is 0.0805. The van der Waals surface area contributed by atoms with Crippen LogP contribution < -0.4 is 10.9 Å². The molecule has 0 fully saturated rings. The summed E-state index contributed by atoms with van der Waals surface area (Å²) in [7, 11) is 0. The van der Waals surface area contributed by atoms with Gasteiger partial charge < -0.3 is 14.8 Å².